The number of rotatable bonds is 3. The summed E-state index contributed by atoms with van der Waals surface area (Å²) in [6.07, 6.45) is 3.65. The van der Waals surface area contributed by atoms with Crippen molar-refractivity contribution < 1.29 is 4.74 Å². The summed E-state index contributed by atoms with van der Waals surface area (Å²) in [4.78, 5) is 8.42. The SMILES string of the molecule is Ic1cnc(NCC2C3COCC23)nc1. The second-order valence-corrected chi connectivity index (χ2v) is 5.38. The van der Waals surface area contributed by atoms with Crippen molar-refractivity contribution in [3.05, 3.63) is 16.0 Å². The minimum atomic E-state index is 0.737. The van der Waals surface area contributed by atoms with Gasteiger partial charge in [0, 0.05) is 22.5 Å². The molecule has 2 unspecified atom stereocenters. The van der Waals surface area contributed by atoms with E-state index in [-0.39, 0.29) is 0 Å². The Kier molecular flexibility index (Phi) is 2.51. The molecular formula is C10H12IN3O. The van der Waals surface area contributed by atoms with Crippen LogP contribution in [0, 0.1) is 21.3 Å². The van der Waals surface area contributed by atoms with Gasteiger partial charge < -0.3 is 10.1 Å². The van der Waals surface area contributed by atoms with E-state index in [4.69, 9.17) is 4.74 Å². The van der Waals surface area contributed by atoms with E-state index in [1.165, 1.54) is 0 Å². The van der Waals surface area contributed by atoms with E-state index >= 15 is 0 Å². The summed E-state index contributed by atoms with van der Waals surface area (Å²) < 4.78 is 6.41. The molecule has 0 amide bonds. The molecule has 1 aliphatic carbocycles. The first kappa shape index (κ1) is 9.77. The Morgan fingerprint density at radius 2 is 2.00 bits per heavy atom. The smallest absolute Gasteiger partial charge is 0.222 e. The number of hydrogen-bond acceptors (Lipinski definition) is 4. The summed E-state index contributed by atoms with van der Waals surface area (Å²) in [5.41, 5.74) is 0. The number of halogens is 1. The van der Waals surface area contributed by atoms with Crippen molar-refractivity contribution in [2.24, 2.45) is 17.8 Å². The molecule has 0 bridgehead atoms. The highest BCUT2D eigenvalue weighted by atomic mass is 127. The number of nitrogens with zero attached hydrogens (tertiary/aromatic N) is 2. The molecule has 15 heavy (non-hydrogen) atoms. The summed E-state index contributed by atoms with van der Waals surface area (Å²) in [6.45, 7) is 2.88. The van der Waals surface area contributed by atoms with Gasteiger partial charge in [0.15, 0.2) is 0 Å². The van der Waals surface area contributed by atoms with Gasteiger partial charge >= 0.3 is 0 Å². The maximum atomic E-state index is 5.34. The zero-order valence-electron chi connectivity index (χ0n) is 8.19. The fourth-order valence-electron chi connectivity index (χ4n) is 2.27. The van der Waals surface area contributed by atoms with E-state index in [9.17, 15) is 0 Å². The predicted molar refractivity (Wildman–Crippen MR) is 64.5 cm³/mol. The minimum Gasteiger partial charge on any atom is -0.381 e. The minimum absolute atomic E-state index is 0.737. The molecule has 1 aliphatic heterocycles. The molecule has 5 heteroatoms. The lowest BCUT2D eigenvalue weighted by atomic mass is 10.3. The lowest BCUT2D eigenvalue weighted by Crippen LogP contribution is -2.11. The fourth-order valence-corrected chi connectivity index (χ4v) is 2.55. The highest BCUT2D eigenvalue weighted by Gasteiger charge is 2.53. The van der Waals surface area contributed by atoms with Crippen molar-refractivity contribution in [3.63, 3.8) is 0 Å². The summed E-state index contributed by atoms with van der Waals surface area (Å²) in [6, 6.07) is 0. The van der Waals surface area contributed by atoms with Crippen LogP contribution in [0.2, 0.25) is 0 Å². The van der Waals surface area contributed by atoms with Gasteiger partial charge in [-0.25, -0.2) is 9.97 Å². The summed E-state index contributed by atoms with van der Waals surface area (Å²) in [7, 11) is 0. The van der Waals surface area contributed by atoms with Crippen LogP contribution in [0.3, 0.4) is 0 Å². The second-order valence-electron chi connectivity index (χ2n) is 4.13. The molecule has 1 aromatic rings. The van der Waals surface area contributed by atoms with Crippen molar-refractivity contribution in [2.75, 3.05) is 25.1 Å². The van der Waals surface area contributed by atoms with Crippen LogP contribution < -0.4 is 5.32 Å². The summed E-state index contributed by atoms with van der Waals surface area (Å²) in [5.74, 6) is 3.10. The average molecular weight is 317 g/mol. The Hall–Kier alpha value is -0.430. The predicted octanol–water partition coefficient (Wildman–Crippen LogP) is 1.39. The van der Waals surface area contributed by atoms with Crippen LogP contribution in [-0.2, 0) is 4.74 Å². The number of hydrogen-bond donors (Lipinski definition) is 1. The van der Waals surface area contributed by atoms with Crippen LogP contribution in [0.15, 0.2) is 12.4 Å². The molecule has 1 saturated carbocycles. The Morgan fingerprint density at radius 1 is 1.33 bits per heavy atom. The zero-order chi connectivity index (χ0) is 10.3. The first-order valence-corrected chi connectivity index (χ1v) is 6.21. The average Bonchev–Trinajstić information content (AvgIpc) is 2.71. The van der Waals surface area contributed by atoms with E-state index in [0.29, 0.717) is 0 Å². The quantitative estimate of drug-likeness (QED) is 0.856. The zero-order valence-corrected chi connectivity index (χ0v) is 10.3. The third-order valence-corrected chi connectivity index (χ3v) is 3.80. The molecule has 4 nitrogen and oxygen atoms in total. The Labute approximate surface area is 102 Å². The molecule has 2 atom stereocenters. The van der Waals surface area contributed by atoms with Crippen LogP contribution in [-0.4, -0.2) is 29.7 Å². The van der Waals surface area contributed by atoms with E-state index < -0.39 is 0 Å². The molecule has 1 aromatic heterocycles. The van der Waals surface area contributed by atoms with Crippen molar-refractivity contribution in [1.82, 2.24) is 9.97 Å². The van der Waals surface area contributed by atoms with Crippen molar-refractivity contribution in [3.8, 4) is 0 Å². The number of anilines is 1. The van der Waals surface area contributed by atoms with Crippen molar-refractivity contribution >= 4 is 28.5 Å². The highest BCUT2D eigenvalue weighted by Crippen LogP contribution is 2.50. The molecule has 2 heterocycles. The molecular weight excluding hydrogens is 305 g/mol. The van der Waals surface area contributed by atoms with Crippen LogP contribution in [0.25, 0.3) is 0 Å². The molecule has 80 valence electrons. The summed E-state index contributed by atoms with van der Waals surface area (Å²) in [5, 5.41) is 3.28. The molecule has 0 radical (unpaired) electrons. The van der Waals surface area contributed by atoms with Crippen LogP contribution in [0.5, 0.6) is 0 Å². The van der Waals surface area contributed by atoms with Gasteiger partial charge in [-0.3, -0.25) is 0 Å². The van der Waals surface area contributed by atoms with Crippen molar-refractivity contribution in [2.45, 2.75) is 0 Å². The fraction of sp³-hybridized carbons (Fsp3) is 0.600. The van der Waals surface area contributed by atoms with E-state index in [1.807, 2.05) is 12.4 Å². The van der Waals surface area contributed by atoms with Gasteiger partial charge in [0.25, 0.3) is 0 Å². The number of aromatic nitrogens is 2. The Bertz CT molecular complexity index is 346. The molecule has 1 saturated heterocycles. The third-order valence-electron chi connectivity index (χ3n) is 3.25. The first-order chi connectivity index (χ1) is 7.34. The number of ether oxygens (including phenoxy) is 1. The maximum absolute atomic E-state index is 5.34. The van der Waals surface area contributed by atoms with Crippen molar-refractivity contribution in [1.29, 1.82) is 0 Å². The topological polar surface area (TPSA) is 47.0 Å². The van der Waals surface area contributed by atoms with Gasteiger partial charge in [0.2, 0.25) is 5.95 Å². The van der Waals surface area contributed by atoms with Gasteiger partial charge in [0.1, 0.15) is 0 Å². The van der Waals surface area contributed by atoms with Crippen LogP contribution >= 0.6 is 22.6 Å². The Balaban J connectivity index is 1.52. The first-order valence-electron chi connectivity index (χ1n) is 5.14. The third kappa shape index (κ3) is 1.94. The van der Waals surface area contributed by atoms with E-state index in [0.717, 1.165) is 47.0 Å². The van der Waals surface area contributed by atoms with Gasteiger partial charge in [0.05, 0.1) is 13.2 Å². The molecule has 3 rings (SSSR count). The lowest BCUT2D eigenvalue weighted by Gasteiger charge is -2.06. The Morgan fingerprint density at radius 3 is 2.67 bits per heavy atom. The lowest BCUT2D eigenvalue weighted by molar-refractivity contribution is 0.153. The maximum Gasteiger partial charge on any atom is 0.222 e. The molecule has 2 fully saturated rings. The molecule has 0 spiro atoms. The van der Waals surface area contributed by atoms with Gasteiger partial charge in [-0.2, -0.15) is 0 Å². The second kappa shape index (κ2) is 3.86. The van der Waals surface area contributed by atoms with Crippen LogP contribution in [0.4, 0.5) is 5.95 Å². The van der Waals surface area contributed by atoms with Gasteiger partial charge in [-0.15, -0.1) is 0 Å². The van der Waals surface area contributed by atoms with Gasteiger partial charge in [-0.05, 0) is 40.3 Å². The van der Waals surface area contributed by atoms with E-state index in [2.05, 4.69) is 37.9 Å². The van der Waals surface area contributed by atoms with Crippen LogP contribution in [0.1, 0.15) is 0 Å². The number of fused-ring (bicyclic) bond motifs is 1. The monoisotopic (exact) mass is 317 g/mol. The largest absolute Gasteiger partial charge is 0.381 e. The molecule has 1 N–H and O–H groups in total. The molecule has 0 aromatic carbocycles. The number of nitrogens with one attached hydrogen (secondary N) is 1. The standard InChI is InChI=1S/C10H12IN3O/c11-6-1-12-10(13-2-6)14-3-7-8-4-15-5-9(7)8/h1-2,7-9H,3-5H2,(H,12,13,14). The highest BCUT2D eigenvalue weighted by molar-refractivity contribution is 14.1. The normalized spacial score (nSPS) is 32.5. The molecule has 2 aliphatic rings. The summed E-state index contributed by atoms with van der Waals surface area (Å²) >= 11 is 2.20. The van der Waals surface area contributed by atoms with E-state index in [1.54, 1.807) is 0 Å². The van der Waals surface area contributed by atoms with Gasteiger partial charge in [-0.1, -0.05) is 0 Å².